The van der Waals surface area contributed by atoms with Crippen molar-refractivity contribution in [2.75, 3.05) is 5.75 Å². The molecule has 1 heterocycles. The highest BCUT2D eigenvalue weighted by Gasteiger charge is 2.28. The quantitative estimate of drug-likeness (QED) is 0.850. The Morgan fingerprint density at radius 2 is 1.61 bits per heavy atom. The van der Waals surface area contributed by atoms with Crippen LogP contribution in [0.25, 0.3) is 0 Å². The number of fused-ring (bicyclic) bond motifs is 1. The molecule has 2 aromatic rings. The molecule has 23 heavy (non-hydrogen) atoms. The summed E-state index contributed by atoms with van der Waals surface area (Å²) in [6, 6.07) is 12.0. The van der Waals surface area contributed by atoms with E-state index in [2.05, 4.69) is 13.8 Å². The second-order valence-corrected chi connectivity index (χ2v) is 7.54. The van der Waals surface area contributed by atoms with Crippen molar-refractivity contribution in [2.45, 2.75) is 30.6 Å². The molecule has 1 aliphatic heterocycles. The second-order valence-electron chi connectivity index (χ2n) is 6.40. The summed E-state index contributed by atoms with van der Waals surface area (Å²) in [5.74, 6) is 0.0388. The van der Waals surface area contributed by atoms with Crippen molar-refractivity contribution in [2.24, 2.45) is 0 Å². The van der Waals surface area contributed by atoms with E-state index in [4.69, 9.17) is 5.11 Å². The lowest BCUT2D eigenvalue weighted by Gasteiger charge is -2.32. The number of carboxylic acids is 1. The van der Waals surface area contributed by atoms with Gasteiger partial charge >= 0.3 is 5.97 Å². The molecule has 0 saturated carbocycles. The third-order valence-electron chi connectivity index (χ3n) is 4.35. The molecule has 1 N–H and O–H groups in total. The summed E-state index contributed by atoms with van der Waals surface area (Å²) in [7, 11) is 0. The standard InChI is InChI=1S/C19H18O3S/c1-19(2)9-10-23-16-8-7-14(11-15(16)19)17(20)12-3-5-13(6-4-12)18(21)22/h3-8,11H,9-10H2,1-2H3,(H,21,22). The fraction of sp³-hybridized carbons (Fsp3) is 0.263. The number of benzene rings is 2. The molecular weight excluding hydrogens is 308 g/mol. The summed E-state index contributed by atoms with van der Waals surface area (Å²) in [5.41, 5.74) is 2.65. The summed E-state index contributed by atoms with van der Waals surface area (Å²) in [6.07, 6.45) is 1.09. The lowest BCUT2D eigenvalue weighted by molar-refractivity contribution is 0.0696. The Kier molecular flexibility index (Phi) is 4.02. The average molecular weight is 326 g/mol. The van der Waals surface area contributed by atoms with Gasteiger partial charge in [0.2, 0.25) is 0 Å². The molecule has 0 aliphatic carbocycles. The predicted octanol–water partition coefficient (Wildman–Crippen LogP) is 4.39. The number of rotatable bonds is 3. The first-order valence-corrected chi connectivity index (χ1v) is 8.52. The van der Waals surface area contributed by atoms with Gasteiger partial charge in [-0.1, -0.05) is 26.0 Å². The van der Waals surface area contributed by atoms with E-state index in [1.54, 1.807) is 12.1 Å². The van der Waals surface area contributed by atoms with Crippen molar-refractivity contribution in [3.8, 4) is 0 Å². The van der Waals surface area contributed by atoms with Crippen LogP contribution in [-0.2, 0) is 5.41 Å². The molecule has 0 bridgehead atoms. The van der Waals surface area contributed by atoms with Gasteiger partial charge in [-0.3, -0.25) is 4.79 Å². The van der Waals surface area contributed by atoms with E-state index in [9.17, 15) is 9.59 Å². The van der Waals surface area contributed by atoms with Gasteiger partial charge in [-0.2, -0.15) is 0 Å². The largest absolute Gasteiger partial charge is 0.478 e. The van der Waals surface area contributed by atoms with Crippen LogP contribution in [0.1, 0.15) is 52.1 Å². The summed E-state index contributed by atoms with van der Waals surface area (Å²) >= 11 is 1.84. The molecule has 1 aliphatic rings. The van der Waals surface area contributed by atoms with Gasteiger partial charge in [0.05, 0.1) is 5.56 Å². The molecule has 4 heteroatoms. The van der Waals surface area contributed by atoms with Crippen LogP contribution in [0, 0.1) is 0 Å². The van der Waals surface area contributed by atoms with Gasteiger partial charge in [-0.05, 0) is 53.5 Å². The van der Waals surface area contributed by atoms with Gasteiger partial charge in [0.1, 0.15) is 0 Å². The van der Waals surface area contributed by atoms with Crippen molar-refractivity contribution in [1.82, 2.24) is 0 Å². The molecule has 0 fully saturated rings. The number of carboxylic acid groups (broad SMARTS) is 1. The van der Waals surface area contributed by atoms with Crippen LogP contribution < -0.4 is 0 Å². The van der Waals surface area contributed by atoms with Crippen LogP contribution in [0.2, 0.25) is 0 Å². The van der Waals surface area contributed by atoms with E-state index in [0.717, 1.165) is 12.2 Å². The molecular formula is C19H18O3S. The van der Waals surface area contributed by atoms with Gasteiger partial charge in [-0.15, -0.1) is 11.8 Å². The first kappa shape index (κ1) is 15.8. The summed E-state index contributed by atoms with van der Waals surface area (Å²) in [4.78, 5) is 24.8. The molecule has 0 unspecified atom stereocenters. The zero-order chi connectivity index (χ0) is 16.6. The highest BCUT2D eigenvalue weighted by Crippen LogP contribution is 2.41. The Bertz CT molecular complexity index is 776. The molecule has 3 nitrogen and oxygen atoms in total. The van der Waals surface area contributed by atoms with Crippen molar-refractivity contribution in [1.29, 1.82) is 0 Å². The highest BCUT2D eigenvalue weighted by molar-refractivity contribution is 7.99. The van der Waals surface area contributed by atoms with Gasteiger partial charge in [0, 0.05) is 16.0 Å². The van der Waals surface area contributed by atoms with E-state index in [1.165, 1.54) is 22.6 Å². The van der Waals surface area contributed by atoms with E-state index >= 15 is 0 Å². The second kappa shape index (κ2) is 5.85. The monoisotopic (exact) mass is 326 g/mol. The van der Waals surface area contributed by atoms with Crippen molar-refractivity contribution in [3.05, 3.63) is 64.7 Å². The first-order chi connectivity index (χ1) is 10.9. The smallest absolute Gasteiger partial charge is 0.335 e. The Morgan fingerprint density at radius 1 is 1.00 bits per heavy atom. The average Bonchev–Trinajstić information content (AvgIpc) is 2.54. The van der Waals surface area contributed by atoms with Crippen LogP contribution in [0.15, 0.2) is 47.4 Å². The molecule has 0 amide bonds. The van der Waals surface area contributed by atoms with E-state index < -0.39 is 5.97 Å². The number of hydrogen-bond donors (Lipinski definition) is 1. The number of hydrogen-bond acceptors (Lipinski definition) is 3. The van der Waals surface area contributed by atoms with Crippen LogP contribution >= 0.6 is 11.8 Å². The normalized spacial score (nSPS) is 15.7. The summed E-state index contributed by atoms with van der Waals surface area (Å²) in [5, 5.41) is 8.93. The third kappa shape index (κ3) is 3.04. The van der Waals surface area contributed by atoms with Gasteiger partial charge < -0.3 is 5.11 Å². The Hall–Kier alpha value is -2.07. The van der Waals surface area contributed by atoms with Gasteiger partial charge in [0.15, 0.2) is 5.78 Å². The number of carbonyl (C=O) groups is 2. The molecule has 118 valence electrons. The van der Waals surface area contributed by atoms with Crippen LogP contribution in [0.5, 0.6) is 0 Å². The molecule has 0 saturated heterocycles. The van der Waals surface area contributed by atoms with Crippen LogP contribution in [0.4, 0.5) is 0 Å². The van der Waals surface area contributed by atoms with Gasteiger partial charge in [0.25, 0.3) is 0 Å². The van der Waals surface area contributed by atoms with E-state index in [0.29, 0.717) is 11.1 Å². The summed E-state index contributed by atoms with van der Waals surface area (Å²) < 4.78 is 0. The van der Waals surface area contributed by atoms with Crippen molar-refractivity contribution >= 4 is 23.5 Å². The van der Waals surface area contributed by atoms with Crippen LogP contribution in [0.3, 0.4) is 0 Å². The van der Waals surface area contributed by atoms with Crippen molar-refractivity contribution < 1.29 is 14.7 Å². The summed E-state index contributed by atoms with van der Waals surface area (Å²) in [6.45, 7) is 4.42. The Morgan fingerprint density at radius 3 is 2.26 bits per heavy atom. The fourth-order valence-electron chi connectivity index (χ4n) is 2.81. The maximum atomic E-state index is 12.7. The molecule has 0 atom stereocenters. The highest BCUT2D eigenvalue weighted by atomic mass is 32.2. The zero-order valence-electron chi connectivity index (χ0n) is 13.1. The third-order valence-corrected chi connectivity index (χ3v) is 5.42. The maximum Gasteiger partial charge on any atom is 0.335 e. The number of aromatic carboxylic acids is 1. The fourth-order valence-corrected chi connectivity index (χ4v) is 4.29. The molecule has 2 aromatic carbocycles. The zero-order valence-corrected chi connectivity index (χ0v) is 13.9. The minimum atomic E-state index is -0.989. The van der Waals surface area contributed by atoms with Crippen LogP contribution in [-0.4, -0.2) is 22.6 Å². The Balaban J connectivity index is 1.95. The first-order valence-electron chi connectivity index (χ1n) is 7.54. The molecule has 0 spiro atoms. The predicted molar refractivity (Wildman–Crippen MR) is 91.6 cm³/mol. The minimum absolute atomic E-state index is 0.0730. The van der Waals surface area contributed by atoms with E-state index in [1.807, 2.05) is 30.0 Å². The SMILES string of the molecule is CC1(C)CCSc2ccc(C(=O)c3ccc(C(=O)O)cc3)cc21. The number of ketones is 1. The molecule has 0 aromatic heterocycles. The molecule has 0 radical (unpaired) electrons. The Labute approximate surface area is 139 Å². The molecule has 3 rings (SSSR count). The lowest BCUT2D eigenvalue weighted by atomic mass is 9.80. The lowest BCUT2D eigenvalue weighted by Crippen LogP contribution is -2.23. The number of thioether (sulfide) groups is 1. The maximum absolute atomic E-state index is 12.7. The van der Waals surface area contributed by atoms with Crippen molar-refractivity contribution in [3.63, 3.8) is 0 Å². The topological polar surface area (TPSA) is 54.4 Å². The van der Waals surface area contributed by atoms with E-state index in [-0.39, 0.29) is 16.8 Å². The number of carbonyl (C=O) groups excluding carboxylic acids is 1. The van der Waals surface area contributed by atoms with Gasteiger partial charge in [-0.25, -0.2) is 4.79 Å². The minimum Gasteiger partial charge on any atom is -0.478 e.